The second-order valence-electron chi connectivity index (χ2n) is 6.20. The molecule has 1 aliphatic rings. The number of allylic oxidation sites excluding steroid dienone is 1. The third-order valence-corrected chi connectivity index (χ3v) is 4.89. The van der Waals surface area contributed by atoms with Crippen molar-refractivity contribution in [2.45, 2.75) is 19.4 Å². The Balaban J connectivity index is 2.40. The maximum Gasteiger partial charge on any atom is 0.337 e. The van der Waals surface area contributed by atoms with Crippen LogP contribution in [0.25, 0.3) is 0 Å². The maximum absolute atomic E-state index is 12.5. The van der Waals surface area contributed by atoms with E-state index in [4.69, 9.17) is 28.6 Å². The zero-order chi connectivity index (χ0) is 18.6. The van der Waals surface area contributed by atoms with Gasteiger partial charge in [-0.25, -0.2) is 4.79 Å². The summed E-state index contributed by atoms with van der Waals surface area (Å²) in [5.74, 6) is -0.380. The lowest BCUT2D eigenvalue weighted by Crippen LogP contribution is -2.48. The minimum atomic E-state index is -0.418. The second-order valence-corrected chi connectivity index (χ2v) is 7.00. The Morgan fingerprint density at radius 2 is 2.08 bits per heavy atom. The Kier molecular flexibility index (Phi) is 6.81. The lowest BCUT2D eigenvalue weighted by atomic mass is 9.95. The van der Waals surface area contributed by atoms with E-state index in [9.17, 15) is 4.79 Å². The molecule has 0 radical (unpaired) electrons. The topological polar surface area (TPSA) is 44.8 Å². The van der Waals surface area contributed by atoms with Crippen LogP contribution >= 0.6 is 23.8 Å². The van der Waals surface area contributed by atoms with Gasteiger partial charge in [-0.3, -0.25) is 0 Å². The minimum Gasteiger partial charge on any atom is -0.466 e. The summed E-state index contributed by atoms with van der Waals surface area (Å²) in [5.41, 5.74) is 2.15. The number of esters is 1. The molecule has 136 valence electrons. The van der Waals surface area contributed by atoms with Crippen LogP contribution in [0.4, 0.5) is 0 Å². The van der Waals surface area contributed by atoms with E-state index in [1.165, 1.54) is 7.11 Å². The van der Waals surface area contributed by atoms with Crippen molar-refractivity contribution < 1.29 is 9.53 Å². The van der Waals surface area contributed by atoms with Crippen molar-refractivity contribution in [2.75, 3.05) is 34.3 Å². The van der Waals surface area contributed by atoms with E-state index in [0.717, 1.165) is 30.8 Å². The van der Waals surface area contributed by atoms with Crippen LogP contribution in [-0.4, -0.2) is 55.2 Å². The van der Waals surface area contributed by atoms with Gasteiger partial charge < -0.3 is 19.9 Å². The number of halogens is 1. The molecule has 0 fully saturated rings. The van der Waals surface area contributed by atoms with Crippen molar-refractivity contribution in [3.05, 3.63) is 46.1 Å². The van der Waals surface area contributed by atoms with Crippen LogP contribution in [0.2, 0.25) is 5.02 Å². The molecule has 0 unspecified atom stereocenters. The molecule has 0 spiro atoms. The van der Waals surface area contributed by atoms with Gasteiger partial charge in [0.2, 0.25) is 0 Å². The Morgan fingerprint density at radius 3 is 2.68 bits per heavy atom. The van der Waals surface area contributed by atoms with Crippen molar-refractivity contribution in [3.63, 3.8) is 0 Å². The molecular weight excluding hydrogens is 358 g/mol. The average molecular weight is 382 g/mol. The fourth-order valence-electron chi connectivity index (χ4n) is 2.91. The molecule has 1 aromatic rings. The van der Waals surface area contributed by atoms with Gasteiger partial charge in [0.05, 0.1) is 18.7 Å². The molecule has 0 aliphatic carbocycles. The molecule has 1 aromatic carbocycles. The van der Waals surface area contributed by atoms with Crippen LogP contribution in [0.3, 0.4) is 0 Å². The summed E-state index contributed by atoms with van der Waals surface area (Å²) in [5, 5.41) is 4.43. The Morgan fingerprint density at radius 1 is 1.40 bits per heavy atom. The highest BCUT2D eigenvalue weighted by atomic mass is 35.5. The number of nitrogens with one attached hydrogen (secondary N) is 1. The largest absolute Gasteiger partial charge is 0.466 e. The smallest absolute Gasteiger partial charge is 0.337 e. The van der Waals surface area contributed by atoms with E-state index in [0.29, 0.717) is 15.7 Å². The van der Waals surface area contributed by atoms with Crippen molar-refractivity contribution >= 4 is 34.9 Å². The number of carbonyl (C=O) groups is 1. The standard InChI is InChI=1S/C18H24ClN3O2S/c1-12-15(17(23)24-4)16(13-8-5-6-9-14(13)19)20-18(25)22(12)11-7-10-21(2)3/h5-6,8-9,16H,7,10-11H2,1-4H3,(H,20,25)/t16-/m1/s1. The average Bonchev–Trinajstić information content (AvgIpc) is 2.57. The number of methoxy groups -OCH3 is 1. The van der Waals surface area contributed by atoms with Gasteiger partial charge in [-0.05, 0) is 57.8 Å². The molecule has 1 N–H and O–H groups in total. The Bertz CT molecular complexity index is 691. The zero-order valence-electron chi connectivity index (χ0n) is 15.0. The Hall–Kier alpha value is -1.63. The number of ether oxygens (including phenoxy) is 1. The number of carbonyl (C=O) groups excluding carboxylic acids is 1. The van der Waals surface area contributed by atoms with Gasteiger partial charge in [0.15, 0.2) is 5.11 Å². The van der Waals surface area contributed by atoms with E-state index in [2.05, 4.69) is 10.2 Å². The summed E-state index contributed by atoms with van der Waals surface area (Å²) in [4.78, 5) is 16.5. The first-order valence-corrected chi connectivity index (χ1v) is 8.91. The predicted molar refractivity (Wildman–Crippen MR) is 105 cm³/mol. The van der Waals surface area contributed by atoms with Gasteiger partial charge in [-0.15, -0.1) is 0 Å². The molecule has 7 heteroatoms. The highest BCUT2D eigenvalue weighted by Crippen LogP contribution is 2.34. The highest BCUT2D eigenvalue weighted by molar-refractivity contribution is 7.80. The van der Waals surface area contributed by atoms with Gasteiger partial charge >= 0.3 is 5.97 Å². The molecule has 0 saturated carbocycles. The van der Waals surface area contributed by atoms with E-state index in [1.807, 2.05) is 44.1 Å². The molecule has 1 heterocycles. The van der Waals surface area contributed by atoms with Gasteiger partial charge in [-0.1, -0.05) is 29.8 Å². The molecule has 0 saturated heterocycles. The van der Waals surface area contributed by atoms with Gasteiger partial charge in [0.25, 0.3) is 0 Å². The van der Waals surface area contributed by atoms with Crippen LogP contribution in [0.15, 0.2) is 35.5 Å². The number of hydrogen-bond acceptors (Lipinski definition) is 4. The van der Waals surface area contributed by atoms with E-state index >= 15 is 0 Å². The molecule has 0 amide bonds. The molecule has 0 aromatic heterocycles. The molecule has 1 aliphatic heterocycles. The maximum atomic E-state index is 12.5. The predicted octanol–water partition coefficient (Wildman–Crippen LogP) is 2.97. The first-order valence-electron chi connectivity index (χ1n) is 8.13. The number of nitrogens with zero attached hydrogens (tertiary/aromatic N) is 2. The van der Waals surface area contributed by atoms with Crippen molar-refractivity contribution in [1.29, 1.82) is 0 Å². The quantitative estimate of drug-likeness (QED) is 0.603. The molecular formula is C18H24ClN3O2S. The van der Waals surface area contributed by atoms with Crippen molar-refractivity contribution in [1.82, 2.24) is 15.1 Å². The minimum absolute atomic E-state index is 0.380. The van der Waals surface area contributed by atoms with E-state index in [1.54, 1.807) is 6.07 Å². The van der Waals surface area contributed by atoms with Crippen LogP contribution in [-0.2, 0) is 9.53 Å². The summed E-state index contributed by atoms with van der Waals surface area (Å²) in [6, 6.07) is 7.02. The summed E-state index contributed by atoms with van der Waals surface area (Å²) < 4.78 is 5.02. The van der Waals surface area contributed by atoms with Crippen LogP contribution in [0.1, 0.15) is 24.9 Å². The summed E-state index contributed by atoms with van der Waals surface area (Å²) in [7, 11) is 5.45. The highest BCUT2D eigenvalue weighted by Gasteiger charge is 2.35. The molecule has 1 atom stereocenters. The van der Waals surface area contributed by atoms with Crippen molar-refractivity contribution in [2.24, 2.45) is 0 Å². The summed E-state index contributed by atoms with van der Waals surface area (Å²) in [6.07, 6.45) is 0.928. The number of benzene rings is 1. The van der Waals surface area contributed by atoms with Crippen molar-refractivity contribution in [3.8, 4) is 0 Å². The van der Waals surface area contributed by atoms with Gasteiger partial charge in [-0.2, -0.15) is 0 Å². The van der Waals surface area contributed by atoms with Gasteiger partial charge in [0.1, 0.15) is 0 Å². The number of hydrogen-bond donors (Lipinski definition) is 1. The third-order valence-electron chi connectivity index (χ3n) is 4.20. The lowest BCUT2D eigenvalue weighted by molar-refractivity contribution is -0.136. The van der Waals surface area contributed by atoms with Crippen LogP contribution in [0.5, 0.6) is 0 Å². The summed E-state index contributed by atoms with van der Waals surface area (Å²) >= 11 is 11.9. The normalized spacial score (nSPS) is 17.8. The summed E-state index contributed by atoms with van der Waals surface area (Å²) in [6.45, 7) is 3.57. The molecule has 25 heavy (non-hydrogen) atoms. The molecule has 0 bridgehead atoms. The van der Waals surface area contributed by atoms with Gasteiger partial charge in [0, 0.05) is 17.3 Å². The fourth-order valence-corrected chi connectivity index (χ4v) is 3.50. The monoisotopic (exact) mass is 381 g/mol. The SMILES string of the molecule is COC(=O)C1=C(C)N(CCCN(C)C)C(=S)N[C@@H]1c1ccccc1Cl. The first-order chi connectivity index (χ1) is 11.9. The van der Waals surface area contributed by atoms with E-state index < -0.39 is 6.04 Å². The number of thiocarbonyl (C=S) groups is 1. The number of rotatable bonds is 6. The lowest BCUT2D eigenvalue weighted by Gasteiger charge is -2.37. The van der Waals surface area contributed by atoms with Crippen LogP contribution in [0, 0.1) is 0 Å². The van der Waals surface area contributed by atoms with Crippen LogP contribution < -0.4 is 5.32 Å². The third kappa shape index (κ3) is 4.51. The van der Waals surface area contributed by atoms with E-state index in [-0.39, 0.29) is 5.97 Å². The fraction of sp³-hybridized carbons (Fsp3) is 0.444. The molecule has 5 nitrogen and oxygen atoms in total. The zero-order valence-corrected chi connectivity index (χ0v) is 16.6. The Labute approximate surface area is 159 Å². The first kappa shape index (κ1) is 19.7. The molecule has 2 rings (SSSR count). The second kappa shape index (κ2) is 8.65.